The molecular weight excluding hydrogens is 300 g/mol. The topological polar surface area (TPSA) is 15.3 Å². The Morgan fingerprint density at radius 2 is 2.14 bits per heavy atom. The molecule has 1 fully saturated rings. The molecule has 4 heteroatoms. The number of nitrogens with zero attached hydrogens (tertiary/aromatic N) is 1. The lowest BCUT2D eigenvalue weighted by molar-refractivity contribution is 0.0797. The van der Waals surface area contributed by atoms with Crippen molar-refractivity contribution in [3.05, 3.63) is 21.3 Å². The number of piperazine rings is 1. The standard InChI is InChI=1S/C17H29ClN2S/c1-5-13(4)16-9-19-14(8-12(2)3)10-20(16)11-15-6-7-17(18)21-15/h6-7,12-14,16,19H,5,8-11H2,1-4H3. The summed E-state index contributed by atoms with van der Waals surface area (Å²) in [6.07, 6.45) is 2.50. The zero-order valence-corrected chi connectivity index (χ0v) is 15.3. The minimum absolute atomic E-state index is 0.626. The van der Waals surface area contributed by atoms with Crippen LogP contribution < -0.4 is 5.32 Å². The highest BCUT2D eigenvalue weighted by Gasteiger charge is 2.31. The fraction of sp³-hybridized carbons (Fsp3) is 0.765. The predicted molar refractivity (Wildman–Crippen MR) is 94.2 cm³/mol. The first-order valence-electron chi connectivity index (χ1n) is 8.21. The molecule has 0 saturated carbocycles. The fourth-order valence-corrected chi connectivity index (χ4v) is 4.39. The highest BCUT2D eigenvalue weighted by molar-refractivity contribution is 7.16. The van der Waals surface area contributed by atoms with E-state index in [1.165, 1.54) is 17.7 Å². The molecule has 1 N–H and O–H groups in total. The summed E-state index contributed by atoms with van der Waals surface area (Å²) in [6.45, 7) is 12.6. The van der Waals surface area contributed by atoms with Crippen LogP contribution in [-0.4, -0.2) is 30.1 Å². The van der Waals surface area contributed by atoms with Gasteiger partial charge >= 0.3 is 0 Å². The smallest absolute Gasteiger partial charge is 0.0931 e. The van der Waals surface area contributed by atoms with Crippen LogP contribution in [0.15, 0.2) is 12.1 Å². The lowest BCUT2D eigenvalue weighted by Crippen LogP contribution is -2.58. The van der Waals surface area contributed by atoms with Crippen molar-refractivity contribution in [1.82, 2.24) is 10.2 Å². The summed E-state index contributed by atoms with van der Waals surface area (Å²) in [5.41, 5.74) is 0. The van der Waals surface area contributed by atoms with Gasteiger partial charge in [-0.25, -0.2) is 0 Å². The number of halogens is 1. The Balaban J connectivity index is 2.04. The molecule has 3 unspecified atom stereocenters. The van der Waals surface area contributed by atoms with Crippen molar-refractivity contribution in [3.63, 3.8) is 0 Å². The SMILES string of the molecule is CCC(C)C1CNC(CC(C)C)CN1Cc1ccc(Cl)s1. The molecule has 0 aliphatic carbocycles. The third kappa shape index (κ3) is 4.95. The molecule has 1 aromatic rings. The largest absolute Gasteiger partial charge is 0.311 e. The second-order valence-electron chi connectivity index (χ2n) is 6.82. The van der Waals surface area contributed by atoms with Crippen molar-refractivity contribution in [2.45, 2.75) is 59.2 Å². The minimum Gasteiger partial charge on any atom is -0.311 e. The summed E-state index contributed by atoms with van der Waals surface area (Å²) >= 11 is 7.81. The summed E-state index contributed by atoms with van der Waals surface area (Å²) in [4.78, 5) is 4.07. The summed E-state index contributed by atoms with van der Waals surface area (Å²) in [7, 11) is 0. The molecule has 2 heterocycles. The van der Waals surface area contributed by atoms with E-state index >= 15 is 0 Å². The Kier molecular flexibility index (Phi) is 6.54. The quantitative estimate of drug-likeness (QED) is 0.818. The molecule has 3 atom stereocenters. The second-order valence-corrected chi connectivity index (χ2v) is 8.62. The normalized spacial score (nSPS) is 25.4. The van der Waals surface area contributed by atoms with Gasteiger partial charge in [-0.15, -0.1) is 11.3 Å². The third-order valence-corrected chi connectivity index (χ3v) is 5.80. The highest BCUT2D eigenvalue weighted by Crippen LogP contribution is 2.27. The van der Waals surface area contributed by atoms with E-state index in [9.17, 15) is 0 Å². The Bertz CT molecular complexity index is 432. The van der Waals surface area contributed by atoms with Crippen LogP contribution in [0.5, 0.6) is 0 Å². The summed E-state index contributed by atoms with van der Waals surface area (Å²) in [5.74, 6) is 1.48. The first-order valence-corrected chi connectivity index (χ1v) is 9.40. The van der Waals surface area contributed by atoms with Crippen LogP contribution in [-0.2, 0) is 6.54 Å². The lowest BCUT2D eigenvalue weighted by Gasteiger charge is -2.43. The van der Waals surface area contributed by atoms with E-state index in [1.54, 1.807) is 11.3 Å². The van der Waals surface area contributed by atoms with Crippen molar-refractivity contribution in [3.8, 4) is 0 Å². The maximum atomic E-state index is 6.09. The Morgan fingerprint density at radius 1 is 1.38 bits per heavy atom. The van der Waals surface area contributed by atoms with Crippen LogP contribution in [0.2, 0.25) is 4.34 Å². The van der Waals surface area contributed by atoms with E-state index in [1.807, 2.05) is 6.07 Å². The monoisotopic (exact) mass is 328 g/mol. The fourth-order valence-electron chi connectivity index (χ4n) is 3.28. The highest BCUT2D eigenvalue weighted by atomic mass is 35.5. The van der Waals surface area contributed by atoms with Crippen molar-refractivity contribution in [1.29, 1.82) is 0 Å². The Morgan fingerprint density at radius 3 is 2.71 bits per heavy atom. The average Bonchev–Trinajstić information content (AvgIpc) is 2.83. The van der Waals surface area contributed by atoms with Gasteiger partial charge in [0, 0.05) is 36.6 Å². The lowest BCUT2D eigenvalue weighted by atomic mass is 9.92. The van der Waals surface area contributed by atoms with Crippen LogP contribution >= 0.6 is 22.9 Å². The summed E-state index contributed by atoms with van der Waals surface area (Å²) < 4.78 is 0.902. The predicted octanol–water partition coefficient (Wildman–Crippen LogP) is 4.64. The number of nitrogens with one attached hydrogen (secondary N) is 1. The van der Waals surface area contributed by atoms with E-state index in [0.717, 1.165) is 35.8 Å². The summed E-state index contributed by atoms with van der Waals surface area (Å²) in [6, 6.07) is 5.47. The summed E-state index contributed by atoms with van der Waals surface area (Å²) in [5, 5.41) is 3.77. The van der Waals surface area contributed by atoms with Gasteiger partial charge in [0.1, 0.15) is 0 Å². The van der Waals surface area contributed by atoms with Gasteiger partial charge in [0.2, 0.25) is 0 Å². The number of hydrogen-bond acceptors (Lipinski definition) is 3. The molecule has 2 rings (SSSR count). The number of rotatable bonds is 6. The molecule has 1 aliphatic rings. The Labute approximate surface area is 138 Å². The van der Waals surface area contributed by atoms with Crippen LogP contribution in [0.25, 0.3) is 0 Å². The van der Waals surface area contributed by atoms with Crippen molar-refractivity contribution >= 4 is 22.9 Å². The molecule has 0 amide bonds. The van der Waals surface area contributed by atoms with Crippen LogP contribution in [0, 0.1) is 11.8 Å². The molecule has 0 radical (unpaired) electrons. The van der Waals surface area contributed by atoms with Crippen LogP contribution in [0.4, 0.5) is 0 Å². The van der Waals surface area contributed by atoms with Crippen molar-refractivity contribution < 1.29 is 0 Å². The first-order chi connectivity index (χ1) is 9.99. The molecule has 0 aromatic carbocycles. The van der Waals surface area contributed by atoms with Crippen LogP contribution in [0.3, 0.4) is 0 Å². The number of thiophene rings is 1. The maximum absolute atomic E-state index is 6.09. The zero-order valence-electron chi connectivity index (χ0n) is 13.7. The van der Waals surface area contributed by atoms with E-state index in [0.29, 0.717) is 12.1 Å². The molecule has 21 heavy (non-hydrogen) atoms. The van der Waals surface area contributed by atoms with Gasteiger partial charge in [0.15, 0.2) is 0 Å². The van der Waals surface area contributed by atoms with Crippen molar-refractivity contribution in [2.24, 2.45) is 11.8 Å². The van der Waals surface area contributed by atoms with E-state index in [2.05, 4.69) is 44.0 Å². The molecule has 0 bridgehead atoms. The molecule has 1 saturated heterocycles. The van der Waals surface area contributed by atoms with E-state index in [4.69, 9.17) is 11.6 Å². The maximum Gasteiger partial charge on any atom is 0.0931 e. The van der Waals surface area contributed by atoms with Gasteiger partial charge in [-0.2, -0.15) is 0 Å². The zero-order chi connectivity index (χ0) is 15.4. The van der Waals surface area contributed by atoms with Gasteiger partial charge in [0.25, 0.3) is 0 Å². The Hall–Kier alpha value is -0.0900. The molecule has 1 aliphatic heterocycles. The van der Waals surface area contributed by atoms with Crippen LogP contribution in [0.1, 0.15) is 45.4 Å². The molecule has 2 nitrogen and oxygen atoms in total. The molecular formula is C17H29ClN2S. The van der Waals surface area contributed by atoms with Gasteiger partial charge in [-0.3, -0.25) is 4.90 Å². The first kappa shape index (κ1) is 17.3. The van der Waals surface area contributed by atoms with E-state index in [-0.39, 0.29) is 0 Å². The van der Waals surface area contributed by atoms with E-state index < -0.39 is 0 Å². The number of hydrogen-bond donors (Lipinski definition) is 1. The molecule has 120 valence electrons. The average molecular weight is 329 g/mol. The van der Waals surface area contributed by atoms with Gasteiger partial charge in [-0.1, -0.05) is 45.7 Å². The molecule has 1 aromatic heterocycles. The molecule has 0 spiro atoms. The minimum atomic E-state index is 0.626. The third-order valence-electron chi connectivity index (χ3n) is 4.58. The van der Waals surface area contributed by atoms with Gasteiger partial charge in [0.05, 0.1) is 4.34 Å². The second kappa shape index (κ2) is 7.96. The van der Waals surface area contributed by atoms with Gasteiger partial charge in [-0.05, 0) is 30.4 Å². The van der Waals surface area contributed by atoms with Gasteiger partial charge < -0.3 is 5.32 Å². The van der Waals surface area contributed by atoms with Crippen molar-refractivity contribution in [2.75, 3.05) is 13.1 Å².